The van der Waals surface area contributed by atoms with Gasteiger partial charge in [0.25, 0.3) is 0 Å². The second-order valence-electron chi connectivity index (χ2n) is 4.80. The minimum Gasteiger partial charge on any atom is -0.356 e. The third-order valence-corrected chi connectivity index (χ3v) is 3.21. The summed E-state index contributed by atoms with van der Waals surface area (Å²) in [7, 11) is 1.73. The number of para-hydroxylation sites is 1. The van der Waals surface area contributed by atoms with Gasteiger partial charge in [-0.05, 0) is 12.1 Å². The molecule has 0 aliphatic heterocycles. The molecule has 2 aromatic rings. The number of carbonyl (C=O) groups excluding carboxylic acids is 2. The van der Waals surface area contributed by atoms with E-state index in [0.29, 0.717) is 19.5 Å². The SMILES string of the molecule is CN(C(=O)CCNC(=O)CCn1cncn1)c1ccccc1. The van der Waals surface area contributed by atoms with Crippen molar-refractivity contribution in [2.24, 2.45) is 0 Å². The van der Waals surface area contributed by atoms with Gasteiger partial charge in [-0.3, -0.25) is 14.3 Å². The largest absolute Gasteiger partial charge is 0.356 e. The lowest BCUT2D eigenvalue weighted by atomic mass is 10.2. The van der Waals surface area contributed by atoms with Gasteiger partial charge in [-0.25, -0.2) is 4.98 Å². The lowest BCUT2D eigenvalue weighted by Gasteiger charge is -2.17. The van der Waals surface area contributed by atoms with Crippen molar-refractivity contribution in [2.75, 3.05) is 18.5 Å². The van der Waals surface area contributed by atoms with E-state index in [1.807, 2.05) is 30.3 Å². The van der Waals surface area contributed by atoms with Crippen LogP contribution < -0.4 is 10.2 Å². The van der Waals surface area contributed by atoms with Crippen LogP contribution in [0, 0.1) is 0 Å². The van der Waals surface area contributed by atoms with Crippen LogP contribution in [0.5, 0.6) is 0 Å². The summed E-state index contributed by atoms with van der Waals surface area (Å²) in [5, 5.41) is 6.65. The molecular formula is C15H19N5O2. The molecule has 0 fully saturated rings. The third kappa shape index (κ3) is 4.69. The van der Waals surface area contributed by atoms with Crippen molar-refractivity contribution in [1.82, 2.24) is 20.1 Å². The minimum absolute atomic E-state index is 0.0391. The molecule has 0 unspecified atom stereocenters. The Hall–Kier alpha value is -2.70. The zero-order valence-corrected chi connectivity index (χ0v) is 12.5. The van der Waals surface area contributed by atoms with Crippen LogP contribution in [0.4, 0.5) is 5.69 Å². The van der Waals surface area contributed by atoms with Gasteiger partial charge in [0.1, 0.15) is 12.7 Å². The Kier molecular flexibility index (Phi) is 5.65. The predicted octanol–water partition coefficient (Wildman–Crippen LogP) is 0.837. The van der Waals surface area contributed by atoms with Crippen LogP contribution in [0.15, 0.2) is 43.0 Å². The van der Waals surface area contributed by atoms with Crippen molar-refractivity contribution in [2.45, 2.75) is 19.4 Å². The molecule has 0 aliphatic rings. The van der Waals surface area contributed by atoms with Crippen LogP contribution >= 0.6 is 0 Å². The highest BCUT2D eigenvalue weighted by Gasteiger charge is 2.10. The number of nitrogens with one attached hydrogen (secondary N) is 1. The van der Waals surface area contributed by atoms with E-state index in [4.69, 9.17) is 0 Å². The van der Waals surface area contributed by atoms with Crippen LogP contribution in [0.3, 0.4) is 0 Å². The number of aryl methyl sites for hydroxylation is 1. The number of anilines is 1. The highest BCUT2D eigenvalue weighted by Crippen LogP contribution is 2.11. The van der Waals surface area contributed by atoms with E-state index in [0.717, 1.165) is 5.69 Å². The van der Waals surface area contributed by atoms with Gasteiger partial charge in [0.15, 0.2) is 0 Å². The highest BCUT2D eigenvalue weighted by atomic mass is 16.2. The first-order valence-electron chi connectivity index (χ1n) is 7.07. The Bertz CT molecular complexity index is 598. The van der Waals surface area contributed by atoms with Gasteiger partial charge in [-0.1, -0.05) is 18.2 Å². The zero-order valence-electron chi connectivity index (χ0n) is 12.5. The number of benzene rings is 1. The van der Waals surface area contributed by atoms with Crippen molar-refractivity contribution in [3.63, 3.8) is 0 Å². The average Bonchev–Trinajstić information content (AvgIpc) is 3.06. The van der Waals surface area contributed by atoms with E-state index in [1.54, 1.807) is 23.0 Å². The first kappa shape index (κ1) is 15.7. The molecule has 2 rings (SSSR count). The molecular weight excluding hydrogens is 282 g/mol. The van der Waals surface area contributed by atoms with Crippen LogP contribution in [-0.4, -0.2) is 40.2 Å². The van der Waals surface area contributed by atoms with Crippen LogP contribution in [0.25, 0.3) is 0 Å². The second kappa shape index (κ2) is 7.92. The Morgan fingerprint density at radius 1 is 1.23 bits per heavy atom. The molecule has 116 valence electrons. The molecule has 0 saturated heterocycles. The molecule has 1 aromatic carbocycles. The van der Waals surface area contributed by atoms with Gasteiger partial charge in [0, 0.05) is 32.1 Å². The van der Waals surface area contributed by atoms with E-state index >= 15 is 0 Å². The van der Waals surface area contributed by atoms with Crippen LogP contribution in [0.2, 0.25) is 0 Å². The number of amides is 2. The number of aromatic nitrogens is 3. The summed E-state index contributed by atoms with van der Waals surface area (Å²) >= 11 is 0. The van der Waals surface area contributed by atoms with Crippen molar-refractivity contribution in [3.8, 4) is 0 Å². The normalized spacial score (nSPS) is 10.2. The fourth-order valence-electron chi connectivity index (χ4n) is 1.92. The van der Waals surface area contributed by atoms with Crippen LogP contribution in [0.1, 0.15) is 12.8 Å². The molecule has 22 heavy (non-hydrogen) atoms. The average molecular weight is 301 g/mol. The summed E-state index contributed by atoms with van der Waals surface area (Å²) in [6.45, 7) is 0.801. The Balaban J connectivity index is 1.67. The van der Waals surface area contributed by atoms with E-state index < -0.39 is 0 Å². The summed E-state index contributed by atoms with van der Waals surface area (Å²) in [5.74, 6) is -0.145. The van der Waals surface area contributed by atoms with Gasteiger partial charge >= 0.3 is 0 Å². The third-order valence-electron chi connectivity index (χ3n) is 3.21. The van der Waals surface area contributed by atoms with Gasteiger partial charge in [0.05, 0.1) is 6.54 Å². The number of hydrogen-bond acceptors (Lipinski definition) is 4. The predicted molar refractivity (Wildman–Crippen MR) is 82.1 cm³/mol. The minimum atomic E-state index is -0.106. The number of carbonyl (C=O) groups is 2. The van der Waals surface area contributed by atoms with Gasteiger partial charge in [0.2, 0.25) is 11.8 Å². The molecule has 0 radical (unpaired) electrons. The zero-order chi connectivity index (χ0) is 15.8. The van der Waals surface area contributed by atoms with E-state index in [2.05, 4.69) is 15.4 Å². The van der Waals surface area contributed by atoms with Gasteiger partial charge < -0.3 is 10.2 Å². The summed E-state index contributed by atoms with van der Waals surface area (Å²) in [6.07, 6.45) is 3.56. The monoisotopic (exact) mass is 301 g/mol. The molecule has 1 aromatic heterocycles. The molecule has 0 spiro atoms. The van der Waals surface area contributed by atoms with Crippen molar-refractivity contribution in [3.05, 3.63) is 43.0 Å². The quantitative estimate of drug-likeness (QED) is 0.821. The Morgan fingerprint density at radius 2 is 2.00 bits per heavy atom. The van der Waals surface area contributed by atoms with Crippen molar-refractivity contribution in [1.29, 1.82) is 0 Å². The van der Waals surface area contributed by atoms with E-state index in [1.165, 1.54) is 6.33 Å². The fraction of sp³-hybridized carbons (Fsp3) is 0.333. The summed E-state index contributed by atoms with van der Waals surface area (Å²) in [4.78, 5) is 29.1. The van der Waals surface area contributed by atoms with E-state index in [9.17, 15) is 9.59 Å². The summed E-state index contributed by atoms with van der Waals surface area (Å²) in [6, 6.07) is 9.40. The smallest absolute Gasteiger partial charge is 0.228 e. The lowest BCUT2D eigenvalue weighted by Crippen LogP contribution is -2.32. The van der Waals surface area contributed by atoms with Crippen molar-refractivity contribution < 1.29 is 9.59 Å². The molecule has 1 heterocycles. The molecule has 7 nitrogen and oxygen atoms in total. The molecule has 2 amide bonds. The van der Waals surface area contributed by atoms with Gasteiger partial charge in [-0.2, -0.15) is 5.10 Å². The maximum atomic E-state index is 12.0. The summed E-state index contributed by atoms with van der Waals surface area (Å²) in [5.41, 5.74) is 0.838. The Labute approximate surface area is 129 Å². The van der Waals surface area contributed by atoms with Crippen LogP contribution in [-0.2, 0) is 16.1 Å². The topological polar surface area (TPSA) is 80.1 Å². The second-order valence-corrected chi connectivity index (χ2v) is 4.80. The molecule has 1 N–H and O–H groups in total. The summed E-state index contributed by atoms with van der Waals surface area (Å²) < 4.78 is 1.59. The molecule has 0 atom stereocenters. The van der Waals surface area contributed by atoms with Gasteiger partial charge in [-0.15, -0.1) is 0 Å². The molecule has 7 heteroatoms. The first-order chi connectivity index (χ1) is 10.7. The first-order valence-corrected chi connectivity index (χ1v) is 7.07. The highest BCUT2D eigenvalue weighted by molar-refractivity contribution is 5.93. The maximum Gasteiger partial charge on any atom is 0.228 e. The van der Waals surface area contributed by atoms with Crippen molar-refractivity contribution >= 4 is 17.5 Å². The molecule has 0 aliphatic carbocycles. The number of nitrogens with zero attached hydrogens (tertiary/aromatic N) is 4. The molecule has 0 bridgehead atoms. The maximum absolute atomic E-state index is 12.0. The number of hydrogen-bond donors (Lipinski definition) is 1. The molecule has 0 saturated carbocycles. The standard InChI is InChI=1S/C15H19N5O2/c1-19(13-5-3-2-4-6-13)15(22)7-9-17-14(21)8-10-20-12-16-11-18-20/h2-6,11-12H,7-10H2,1H3,(H,17,21). The fourth-order valence-corrected chi connectivity index (χ4v) is 1.92. The van der Waals surface area contributed by atoms with E-state index in [-0.39, 0.29) is 18.2 Å². The Morgan fingerprint density at radius 3 is 2.68 bits per heavy atom. The lowest BCUT2D eigenvalue weighted by molar-refractivity contribution is -0.121. The number of rotatable bonds is 7.